The molecule has 0 amide bonds. The molecule has 0 aliphatic heterocycles. The van der Waals surface area contributed by atoms with E-state index in [-0.39, 0.29) is 5.78 Å². The van der Waals surface area contributed by atoms with Crippen molar-refractivity contribution >= 4 is 5.78 Å². The van der Waals surface area contributed by atoms with Gasteiger partial charge in [0.15, 0.2) is 5.78 Å². The summed E-state index contributed by atoms with van der Waals surface area (Å²) in [6, 6.07) is 5.34. The number of hydrogen-bond donors (Lipinski definition) is 0. The molecule has 0 atom stereocenters. The maximum absolute atomic E-state index is 11.3. The van der Waals surface area contributed by atoms with Crippen molar-refractivity contribution in [1.82, 2.24) is 0 Å². The Labute approximate surface area is 89.3 Å². The normalized spacial score (nSPS) is 9.47. The predicted octanol–water partition coefficient (Wildman–Crippen LogP) is 2.47. The monoisotopic (exact) mass is 203 g/mol. The van der Waals surface area contributed by atoms with E-state index in [1.165, 1.54) is 6.92 Å². The maximum Gasteiger partial charge on any atom is 0.160 e. The maximum atomic E-state index is 11.3. The Morgan fingerprint density at radius 2 is 2.20 bits per heavy atom. The van der Waals surface area contributed by atoms with Crippen LogP contribution in [0.2, 0.25) is 0 Å². The highest BCUT2D eigenvalue weighted by Crippen LogP contribution is 2.26. The van der Waals surface area contributed by atoms with E-state index in [0.717, 1.165) is 5.56 Å². The molecule has 3 heteroatoms. The Balaban J connectivity index is 3.37. The van der Waals surface area contributed by atoms with Crippen molar-refractivity contribution in [2.75, 3.05) is 6.61 Å². The minimum atomic E-state index is -0.0158. The van der Waals surface area contributed by atoms with Gasteiger partial charge in [0.25, 0.3) is 0 Å². The van der Waals surface area contributed by atoms with E-state index in [0.29, 0.717) is 23.5 Å². The van der Waals surface area contributed by atoms with E-state index in [1.54, 1.807) is 19.1 Å². The molecule has 0 saturated heterocycles. The molecular weight excluding hydrogens is 190 g/mol. The highest BCUT2D eigenvalue weighted by atomic mass is 16.5. The quantitative estimate of drug-likeness (QED) is 0.709. The molecule has 0 spiro atoms. The number of benzene rings is 1. The van der Waals surface area contributed by atoms with Gasteiger partial charge >= 0.3 is 0 Å². The van der Waals surface area contributed by atoms with E-state index in [2.05, 4.69) is 6.07 Å². The number of nitriles is 1. The van der Waals surface area contributed by atoms with Gasteiger partial charge in [-0.15, -0.1) is 0 Å². The molecule has 1 aromatic carbocycles. The van der Waals surface area contributed by atoms with Gasteiger partial charge in [0, 0.05) is 11.1 Å². The first-order valence-electron chi connectivity index (χ1n) is 4.79. The Bertz CT molecular complexity index is 430. The first kappa shape index (κ1) is 11.3. The predicted molar refractivity (Wildman–Crippen MR) is 57.1 cm³/mol. The van der Waals surface area contributed by atoms with Crippen LogP contribution in [0.3, 0.4) is 0 Å². The van der Waals surface area contributed by atoms with Gasteiger partial charge in [-0.05, 0) is 32.9 Å². The molecule has 0 aromatic heterocycles. The summed E-state index contributed by atoms with van der Waals surface area (Å²) in [4.78, 5) is 11.3. The number of hydrogen-bond acceptors (Lipinski definition) is 3. The molecule has 0 aliphatic carbocycles. The minimum absolute atomic E-state index is 0.0158. The van der Waals surface area contributed by atoms with Crippen LogP contribution in [0.4, 0.5) is 0 Å². The molecule has 1 aromatic rings. The lowest BCUT2D eigenvalue weighted by molar-refractivity contribution is 0.101. The van der Waals surface area contributed by atoms with Gasteiger partial charge in [0.1, 0.15) is 11.8 Å². The molecular formula is C12H13NO2. The Morgan fingerprint density at radius 1 is 1.53 bits per heavy atom. The summed E-state index contributed by atoms with van der Waals surface area (Å²) in [7, 11) is 0. The third-order valence-corrected chi connectivity index (χ3v) is 2.19. The number of carbonyl (C=O) groups excluding carboxylic acids is 1. The van der Waals surface area contributed by atoms with Crippen LogP contribution in [0.15, 0.2) is 12.1 Å². The summed E-state index contributed by atoms with van der Waals surface area (Å²) in [5, 5.41) is 8.88. The molecule has 15 heavy (non-hydrogen) atoms. The summed E-state index contributed by atoms with van der Waals surface area (Å²) < 4.78 is 5.37. The van der Waals surface area contributed by atoms with Crippen molar-refractivity contribution in [3.8, 4) is 11.8 Å². The number of carbonyl (C=O) groups is 1. The van der Waals surface area contributed by atoms with E-state index in [1.807, 2.05) is 6.92 Å². The van der Waals surface area contributed by atoms with Crippen LogP contribution in [-0.2, 0) is 0 Å². The fraction of sp³-hybridized carbons (Fsp3) is 0.333. The molecule has 3 nitrogen and oxygen atoms in total. The van der Waals surface area contributed by atoms with Crippen LogP contribution in [0, 0.1) is 18.3 Å². The van der Waals surface area contributed by atoms with E-state index in [4.69, 9.17) is 10.00 Å². The molecule has 0 N–H and O–H groups in total. The highest BCUT2D eigenvalue weighted by molar-refractivity contribution is 5.96. The number of ketones is 1. The largest absolute Gasteiger partial charge is 0.492 e. The number of nitrogens with zero attached hydrogens (tertiary/aromatic N) is 1. The van der Waals surface area contributed by atoms with Gasteiger partial charge in [-0.2, -0.15) is 5.26 Å². The lowest BCUT2D eigenvalue weighted by atomic mass is 10.0. The van der Waals surface area contributed by atoms with Crippen LogP contribution in [0.25, 0.3) is 0 Å². The second-order valence-electron chi connectivity index (χ2n) is 3.22. The lowest BCUT2D eigenvalue weighted by Gasteiger charge is -2.11. The average molecular weight is 203 g/mol. The molecule has 0 fully saturated rings. The average Bonchev–Trinajstić information content (AvgIpc) is 2.20. The van der Waals surface area contributed by atoms with Crippen molar-refractivity contribution in [1.29, 1.82) is 5.26 Å². The highest BCUT2D eigenvalue weighted by Gasteiger charge is 2.13. The van der Waals surface area contributed by atoms with Gasteiger partial charge in [0.2, 0.25) is 0 Å². The van der Waals surface area contributed by atoms with Crippen LogP contribution in [0.5, 0.6) is 5.75 Å². The molecule has 0 heterocycles. The van der Waals surface area contributed by atoms with Crippen molar-refractivity contribution in [2.45, 2.75) is 20.8 Å². The number of Topliss-reactive ketones (excluding diaryl/α,β-unsaturated/α-hetero) is 1. The van der Waals surface area contributed by atoms with Crippen LogP contribution >= 0.6 is 0 Å². The van der Waals surface area contributed by atoms with Gasteiger partial charge in [0.05, 0.1) is 12.2 Å². The van der Waals surface area contributed by atoms with E-state index in [9.17, 15) is 4.79 Å². The zero-order valence-corrected chi connectivity index (χ0v) is 9.13. The Morgan fingerprint density at radius 3 is 2.67 bits per heavy atom. The van der Waals surface area contributed by atoms with E-state index < -0.39 is 0 Å². The summed E-state index contributed by atoms with van der Waals surface area (Å²) in [6.45, 7) is 5.63. The van der Waals surface area contributed by atoms with Gasteiger partial charge in [-0.3, -0.25) is 4.79 Å². The molecule has 0 saturated carbocycles. The second kappa shape index (κ2) is 4.61. The smallest absolute Gasteiger partial charge is 0.160 e. The van der Waals surface area contributed by atoms with Crippen LogP contribution < -0.4 is 4.74 Å². The third kappa shape index (κ3) is 2.16. The summed E-state index contributed by atoms with van der Waals surface area (Å²) in [6.07, 6.45) is 0. The summed E-state index contributed by atoms with van der Waals surface area (Å²) in [5.41, 5.74) is 1.82. The molecule has 0 unspecified atom stereocenters. The van der Waals surface area contributed by atoms with Crippen LogP contribution in [0.1, 0.15) is 35.3 Å². The van der Waals surface area contributed by atoms with Gasteiger partial charge in [-0.1, -0.05) is 0 Å². The van der Waals surface area contributed by atoms with E-state index >= 15 is 0 Å². The minimum Gasteiger partial charge on any atom is -0.492 e. The lowest BCUT2D eigenvalue weighted by Crippen LogP contribution is -2.03. The number of rotatable bonds is 3. The van der Waals surface area contributed by atoms with Crippen molar-refractivity contribution in [3.05, 3.63) is 28.8 Å². The molecule has 1 rings (SSSR count). The Hall–Kier alpha value is -1.82. The molecule has 0 aliphatic rings. The number of ether oxygens (including phenoxy) is 1. The van der Waals surface area contributed by atoms with Crippen molar-refractivity contribution < 1.29 is 9.53 Å². The molecule has 0 radical (unpaired) electrons. The fourth-order valence-electron chi connectivity index (χ4n) is 1.49. The second-order valence-corrected chi connectivity index (χ2v) is 3.22. The zero-order valence-electron chi connectivity index (χ0n) is 9.13. The molecule has 78 valence electrons. The fourth-order valence-corrected chi connectivity index (χ4v) is 1.49. The first-order valence-corrected chi connectivity index (χ1v) is 4.79. The van der Waals surface area contributed by atoms with Crippen LogP contribution in [-0.4, -0.2) is 12.4 Å². The molecule has 0 bridgehead atoms. The standard InChI is InChI=1S/C12H13NO2/c1-4-15-12-8(2)11(9(3)14)6-5-10(12)7-13/h5-6H,4H2,1-3H3. The van der Waals surface area contributed by atoms with Gasteiger partial charge in [-0.25, -0.2) is 0 Å². The summed E-state index contributed by atoms with van der Waals surface area (Å²) >= 11 is 0. The third-order valence-electron chi connectivity index (χ3n) is 2.19. The summed E-state index contributed by atoms with van der Waals surface area (Å²) in [5.74, 6) is 0.505. The van der Waals surface area contributed by atoms with Crippen molar-refractivity contribution in [2.24, 2.45) is 0 Å². The topological polar surface area (TPSA) is 50.1 Å². The van der Waals surface area contributed by atoms with Crippen molar-refractivity contribution in [3.63, 3.8) is 0 Å². The first-order chi connectivity index (χ1) is 7.11. The zero-order chi connectivity index (χ0) is 11.4. The Kier molecular flexibility index (Phi) is 3.46. The van der Waals surface area contributed by atoms with Gasteiger partial charge < -0.3 is 4.74 Å². The SMILES string of the molecule is CCOc1c(C#N)ccc(C(C)=O)c1C.